The molecule has 1 aromatic rings. The second-order valence-corrected chi connectivity index (χ2v) is 6.08. The topological polar surface area (TPSA) is 104 Å². The summed E-state index contributed by atoms with van der Waals surface area (Å²) in [5.41, 5.74) is 0.978. The number of rotatable bonds is 6. The van der Waals surface area contributed by atoms with Gasteiger partial charge < -0.3 is 15.5 Å². The highest BCUT2D eigenvalue weighted by molar-refractivity contribution is 7.10. The summed E-state index contributed by atoms with van der Waals surface area (Å²) in [5, 5.41) is 22.1. The number of hydrogen-bond donors (Lipinski definition) is 3. The third kappa shape index (κ3) is 3.81. The van der Waals surface area contributed by atoms with Crippen LogP contribution in [-0.4, -0.2) is 34.1 Å². The summed E-state index contributed by atoms with van der Waals surface area (Å²) in [4.78, 5) is 35.1. The van der Waals surface area contributed by atoms with Crippen LogP contribution in [0.3, 0.4) is 0 Å². The van der Waals surface area contributed by atoms with Crippen LogP contribution in [0.25, 0.3) is 0 Å². The molecule has 1 heterocycles. The predicted molar refractivity (Wildman–Crippen MR) is 76.4 cm³/mol. The number of carboxylic acid groups (broad SMARTS) is 2. The molecule has 1 amide bonds. The lowest BCUT2D eigenvalue weighted by molar-refractivity contribution is -0.143. The standard InChI is InChI=1S/C14H17NO5S/c16-12(17)5-4-10(14(19)20)15-13(18)9-2-1-3-11-8(9)6-7-21-11/h6-7,9-10H,1-5H2,(H,15,18)(H,16,17)(H,19,20). The molecule has 0 fully saturated rings. The van der Waals surface area contributed by atoms with E-state index in [0.29, 0.717) is 6.42 Å². The zero-order chi connectivity index (χ0) is 15.4. The maximum atomic E-state index is 12.3. The first-order valence-electron chi connectivity index (χ1n) is 6.80. The number of amides is 1. The lowest BCUT2D eigenvalue weighted by Gasteiger charge is -2.23. The van der Waals surface area contributed by atoms with E-state index in [9.17, 15) is 14.4 Å². The van der Waals surface area contributed by atoms with Crippen molar-refractivity contribution in [3.8, 4) is 0 Å². The highest BCUT2D eigenvalue weighted by atomic mass is 32.1. The molecule has 21 heavy (non-hydrogen) atoms. The first kappa shape index (κ1) is 15.5. The fraction of sp³-hybridized carbons (Fsp3) is 0.500. The minimum absolute atomic E-state index is 0.111. The number of hydrogen-bond acceptors (Lipinski definition) is 4. The average Bonchev–Trinajstić information content (AvgIpc) is 2.90. The summed E-state index contributed by atoms with van der Waals surface area (Å²) < 4.78 is 0. The van der Waals surface area contributed by atoms with Crippen LogP contribution in [0.2, 0.25) is 0 Å². The Hall–Kier alpha value is -1.89. The third-order valence-electron chi connectivity index (χ3n) is 3.63. The molecular weight excluding hydrogens is 294 g/mol. The molecule has 0 radical (unpaired) electrons. The molecule has 1 aliphatic carbocycles. The van der Waals surface area contributed by atoms with Gasteiger partial charge >= 0.3 is 11.9 Å². The summed E-state index contributed by atoms with van der Waals surface area (Å²) >= 11 is 1.61. The fourth-order valence-corrected chi connectivity index (χ4v) is 3.54. The van der Waals surface area contributed by atoms with Crippen molar-refractivity contribution in [2.45, 2.75) is 44.1 Å². The van der Waals surface area contributed by atoms with E-state index in [4.69, 9.17) is 10.2 Å². The van der Waals surface area contributed by atoms with Gasteiger partial charge in [0.15, 0.2) is 0 Å². The SMILES string of the molecule is O=C(O)CCC(NC(=O)C1CCCc2sccc21)C(=O)O. The van der Waals surface area contributed by atoms with Crippen molar-refractivity contribution in [2.24, 2.45) is 0 Å². The van der Waals surface area contributed by atoms with Crippen LogP contribution < -0.4 is 5.32 Å². The van der Waals surface area contributed by atoms with Gasteiger partial charge in [0.2, 0.25) is 5.91 Å². The number of carboxylic acids is 2. The number of aliphatic carboxylic acids is 2. The minimum atomic E-state index is -1.20. The molecule has 1 aliphatic rings. The van der Waals surface area contributed by atoms with Crippen LogP contribution >= 0.6 is 11.3 Å². The molecular formula is C14H17NO5S. The van der Waals surface area contributed by atoms with Crippen LogP contribution in [0.5, 0.6) is 0 Å². The molecule has 0 spiro atoms. The molecule has 0 aliphatic heterocycles. The molecule has 0 aromatic carbocycles. The Morgan fingerprint density at radius 2 is 2.14 bits per heavy atom. The molecule has 0 saturated carbocycles. The maximum absolute atomic E-state index is 12.3. The Balaban J connectivity index is 2.03. The molecule has 114 valence electrons. The maximum Gasteiger partial charge on any atom is 0.326 e. The second kappa shape index (κ2) is 6.71. The summed E-state index contributed by atoms with van der Waals surface area (Å²) in [6.45, 7) is 0. The van der Waals surface area contributed by atoms with E-state index in [-0.39, 0.29) is 24.7 Å². The Bertz CT molecular complexity index is 553. The zero-order valence-electron chi connectivity index (χ0n) is 11.4. The molecule has 2 unspecified atom stereocenters. The number of thiophene rings is 1. The van der Waals surface area contributed by atoms with Crippen molar-refractivity contribution < 1.29 is 24.6 Å². The second-order valence-electron chi connectivity index (χ2n) is 5.08. The number of carbonyl (C=O) groups is 3. The van der Waals surface area contributed by atoms with Crippen LogP contribution in [0.15, 0.2) is 11.4 Å². The van der Waals surface area contributed by atoms with Crippen molar-refractivity contribution in [2.75, 3.05) is 0 Å². The van der Waals surface area contributed by atoms with Gasteiger partial charge in [-0.15, -0.1) is 11.3 Å². The predicted octanol–water partition coefficient (Wildman–Crippen LogP) is 1.60. The summed E-state index contributed by atoms with van der Waals surface area (Å²) in [5.74, 6) is -2.93. The molecule has 1 aromatic heterocycles. The molecule has 3 N–H and O–H groups in total. The number of carbonyl (C=O) groups excluding carboxylic acids is 1. The molecule has 2 atom stereocenters. The van der Waals surface area contributed by atoms with E-state index in [1.54, 1.807) is 11.3 Å². The first-order chi connectivity index (χ1) is 9.99. The third-order valence-corrected chi connectivity index (χ3v) is 4.63. The Labute approximate surface area is 125 Å². The van der Waals surface area contributed by atoms with Crippen molar-refractivity contribution in [3.63, 3.8) is 0 Å². The molecule has 0 bridgehead atoms. The Morgan fingerprint density at radius 1 is 1.38 bits per heavy atom. The lowest BCUT2D eigenvalue weighted by Crippen LogP contribution is -2.43. The summed E-state index contributed by atoms with van der Waals surface area (Å²) in [7, 11) is 0. The highest BCUT2D eigenvalue weighted by Gasteiger charge is 2.30. The smallest absolute Gasteiger partial charge is 0.326 e. The fourth-order valence-electron chi connectivity index (χ4n) is 2.56. The van der Waals surface area contributed by atoms with Crippen LogP contribution in [-0.2, 0) is 20.8 Å². The summed E-state index contributed by atoms with van der Waals surface area (Å²) in [6, 6.07) is 0.758. The van der Waals surface area contributed by atoms with Crippen LogP contribution in [0, 0.1) is 0 Å². The van der Waals surface area contributed by atoms with Gasteiger partial charge in [0.25, 0.3) is 0 Å². The Morgan fingerprint density at radius 3 is 2.81 bits per heavy atom. The highest BCUT2D eigenvalue weighted by Crippen LogP contribution is 2.35. The first-order valence-corrected chi connectivity index (χ1v) is 7.68. The number of aryl methyl sites for hydroxylation is 1. The molecule has 2 rings (SSSR count). The van der Waals surface area contributed by atoms with Gasteiger partial charge in [-0.2, -0.15) is 0 Å². The monoisotopic (exact) mass is 311 g/mol. The van der Waals surface area contributed by atoms with Crippen LogP contribution in [0.4, 0.5) is 0 Å². The van der Waals surface area contributed by atoms with Gasteiger partial charge in [-0.05, 0) is 42.7 Å². The molecule has 6 nitrogen and oxygen atoms in total. The van der Waals surface area contributed by atoms with Gasteiger partial charge in [-0.1, -0.05) is 0 Å². The van der Waals surface area contributed by atoms with Gasteiger partial charge in [0.05, 0.1) is 5.92 Å². The lowest BCUT2D eigenvalue weighted by atomic mass is 9.87. The van der Waals surface area contributed by atoms with E-state index in [0.717, 1.165) is 18.4 Å². The van der Waals surface area contributed by atoms with Crippen molar-refractivity contribution in [3.05, 3.63) is 21.9 Å². The largest absolute Gasteiger partial charge is 0.481 e. The van der Waals surface area contributed by atoms with Gasteiger partial charge in [-0.3, -0.25) is 9.59 Å². The van der Waals surface area contributed by atoms with Gasteiger partial charge in [0.1, 0.15) is 6.04 Å². The zero-order valence-corrected chi connectivity index (χ0v) is 12.2. The minimum Gasteiger partial charge on any atom is -0.481 e. The van der Waals surface area contributed by atoms with Crippen molar-refractivity contribution >= 4 is 29.2 Å². The number of nitrogens with one attached hydrogen (secondary N) is 1. The quantitative estimate of drug-likeness (QED) is 0.740. The van der Waals surface area contributed by atoms with E-state index >= 15 is 0 Å². The van der Waals surface area contributed by atoms with E-state index in [2.05, 4.69) is 5.32 Å². The van der Waals surface area contributed by atoms with Gasteiger partial charge in [-0.25, -0.2) is 4.79 Å². The normalized spacial score (nSPS) is 18.6. The number of fused-ring (bicyclic) bond motifs is 1. The van der Waals surface area contributed by atoms with E-state index in [1.807, 2.05) is 11.4 Å². The van der Waals surface area contributed by atoms with Crippen LogP contribution in [0.1, 0.15) is 42.0 Å². The summed E-state index contributed by atoms with van der Waals surface area (Å²) in [6.07, 6.45) is 2.16. The van der Waals surface area contributed by atoms with E-state index in [1.165, 1.54) is 4.88 Å². The van der Waals surface area contributed by atoms with E-state index < -0.39 is 18.0 Å². The van der Waals surface area contributed by atoms with Gasteiger partial charge in [0, 0.05) is 11.3 Å². The molecule has 0 saturated heterocycles. The Kier molecular flexibility index (Phi) is 4.95. The average molecular weight is 311 g/mol. The van der Waals surface area contributed by atoms with Crippen molar-refractivity contribution in [1.29, 1.82) is 0 Å². The molecule has 7 heteroatoms. The van der Waals surface area contributed by atoms with Crippen molar-refractivity contribution in [1.82, 2.24) is 5.32 Å².